The summed E-state index contributed by atoms with van der Waals surface area (Å²) in [7, 11) is 0. The number of aryl methyl sites for hydroxylation is 2. The van der Waals surface area contributed by atoms with Crippen molar-refractivity contribution in [2.24, 2.45) is 0 Å². The zero-order chi connectivity index (χ0) is 8.27. The SMILES string of the molecule is C=CCc1nc(C)cc(C)n1. The van der Waals surface area contributed by atoms with Crippen LogP contribution in [0.5, 0.6) is 0 Å². The average molecular weight is 148 g/mol. The molecule has 1 aromatic heterocycles. The van der Waals surface area contributed by atoms with Crippen LogP contribution in [0, 0.1) is 13.8 Å². The molecular weight excluding hydrogens is 136 g/mol. The highest BCUT2D eigenvalue weighted by atomic mass is 14.9. The lowest BCUT2D eigenvalue weighted by Gasteiger charge is -1.98. The maximum absolute atomic E-state index is 4.24. The molecule has 0 fully saturated rings. The van der Waals surface area contributed by atoms with E-state index >= 15 is 0 Å². The molecule has 0 saturated heterocycles. The Labute approximate surface area is 67.0 Å². The Morgan fingerprint density at radius 2 is 1.91 bits per heavy atom. The van der Waals surface area contributed by atoms with Crippen LogP contribution in [0.25, 0.3) is 0 Å². The molecule has 0 aliphatic carbocycles. The molecule has 2 nitrogen and oxygen atoms in total. The summed E-state index contributed by atoms with van der Waals surface area (Å²) in [5.74, 6) is 0.859. The van der Waals surface area contributed by atoms with Crippen LogP contribution in [-0.4, -0.2) is 9.97 Å². The first-order valence-corrected chi connectivity index (χ1v) is 3.64. The Bertz CT molecular complexity index is 246. The van der Waals surface area contributed by atoms with Crippen LogP contribution >= 0.6 is 0 Å². The quantitative estimate of drug-likeness (QED) is 0.598. The van der Waals surface area contributed by atoms with Gasteiger partial charge in [0.05, 0.1) is 0 Å². The van der Waals surface area contributed by atoms with Gasteiger partial charge in [-0.2, -0.15) is 0 Å². The normalized spacial score (nSPS) is 9.64. The van der Waals surface area contributed by atoms with Gasteiger partial charge in [0.25, 0.3) is 0 Å². The van der Waals surface area contributed by atoms with Crippen LogP contribution in [-0.2, 0) is 6.42 Å². The number of aromatic nitrogens is 2. The number of hydrogen-bond acceptors (Lipinski definition) is 2. The van der Waals surface area contributed by atoms with E-state index in [-0.39, 0.29) is 0 Å². The molecule has 0 unspecified atom stereocenters. The van der Waals surface area contributed by atoms with Crippen molar-refractivity contribution in [2.45, 2.75) is 20.3 Å². The van der Waals surface area contributed by atoms with Gasteiger partial charge in [-0.05, 0) is 19.9 Å². The lowest BCUT2D eigenvalue weighted by Crippen LogP contribution is -1.96. The van der Waals surface area contributed by atoms with Crippen LogP contribution in [0.1, 0.15) is 17.2 Å². The van der Waals surface area contributed by atoms with Crippen molar-refractivity contribution in [3.63, 3.8) is 0 Å². The highest BCUT2D eigenvalue weighted by Crippen LogP contribution is 1.99. The van der Waals surface area contributed by atoms with E-state index in [1.165, 1.54) is 0 Å². The van der Waals surface area contributed by atoms with Gasteiger partial charge in [-0.25, -0.2) is 9.97 Å². The second kappa shape index (κ2) is 3.28. The zero-order valence-electron chi connectivity index (χ0n) is 6.96. The molecule has 1 rings (SSSR count). The first-order chi connectivity index (χ1) is 5.22. The Kier molecular flexibility index (Phi) is 2.36. The fraction of sp³-hybridized carbons (Fsp3) is 0.333. The van der Waals surface area contributed by atoms with Crippen molar-refractivity contribution < 1.29 is 0 Å². The number of allylic oxidation sites excluding steroid dienone is 1. The molecule has 0 atom stereocenters. The van der Waals surface area contributed by atoms with Crippen molar-refractivity contribution in [3.05, 3.63) is 35.9 Å². The van der Waals surface area contributed by atoms with Gasteiger partial charge in [0.2, 0.25) is 0 Å². The molecule has 1 aromatic rings. The Morgan fingerprint density at radius 1 is 1.36 bits per heavy atom. The number of rotatable bonds is 2. The smallest absolute Gasteiger partial charge is 0.132 e. The fourth-order valence-corrected chi connectivity index (χ4v) is 1.02. The highest BCUT2D eigenvalue weighted by molar-refractivity contribution is 5.09. The molecule has 2 heteroatoms. The van der Waals surface area contributed by atoms with Crippen LogP contribution in [0.15, 0.2) is 18.7 Å². The lowest BCUT2D eigenvalue weighted by molar-refractivity contribution is 0.933. The summed E-state index contributed by atoms with van der Waals surface area (Å²) in [6.07, 6.45) is 2.57. The Hall–Kier alpha value is -1.18. The monoisotopic (exact) mass is 148 g/mol. The van der Waals surface area contributed by atoms with E-state index in [9.17, 15) is 0 Å². The summed E-state index contributed by atoms with van der Waals surface area (Å²) in [5.41, 5.74) is 2.05. The molecule has 1 heterocycles. The van der Waals surface area contributed by atoms with Gasteiger partial charge in [-0.1, -0.05) is 6.08 Å². The first kappa shape index (κ1) is 7.92. The van der Waals surface area contributed by atoms with Crippen LogP contribution in [0.3, 0.4) is 0 Å². The number of nitrogens with zero attached hydrogens (tertiary/aromatic N) is 2. The maximum Gasteiger partial charge on any atom is 0.132 e. The van der Waals surface area contributed by atoms with E-state index in [4.69, 9.17) is 0 Å². The summed E-state index contributed by atoms with van der Waals surface area (Å²) < 4.78 is 0. The Balaban J connectivity index is 2.98. The molecule has 0 N–H and O–H groups in total. The summed E-state index contributed by atoms with van der Waals surface area (Å²) in [6, 6.07) is 1.96. The second-order valence-electron chi connectivity index (χ2n) is 2.56. The molecule has 0 aliphatic rings. The molecule has 58 valence electrons. The van der Waals surface area contributed by atoms with E-state index in [0.29, 0.717) is 0 Å². The fourth-order valence-electron chi connectivity index (χ4n) is 1.02. The lowest BCUT2D eigenvalue weighted by atomic mass is 10.3. The minimum Gasteiger partial charge on any atom is -0.238 e. The largest absolute Gasteiger partial charge is 0.238 e. The topological polar surface area (TPSA) is 25.8 Å². The van der Waals surface area contributed by atoms with Crippen molar-refractivity contribution >= 4 is 0 Å². The van der Waals surface area contributed by atoms with Gasteiger partial charge in [-0.15, -0.1) is 6.58 Å². The van der Waals surface area contributed by atoms with Gasteiger partial charge < -0.3 is 0 Å². The van der Waals surface area contributed by atoms with E-state index in [1.807, 2.05) is 26.0 Å². The standard InChI is InChI=1S/C9H12N2/c1-4-5-9-10-7(2)6-8(3)11-9/h4,6H,1,5H2,2-3H3. The molecule has 0 aliphatic heterocycles. The predicted octanol–water partition coefficient (Wildman–Crippen LogP) is 1.82. The van der Waals surface area contributed by atoms with Gasteiger partial charge in [-0.3, -0.25) is 0 Å². The molecule has 11 heavy (non-hydrogen) atoms. The van der Waals surface area contributed by atoms with E-state index in [0.717, 1.165) is 23.6 Å². The minimum atomic E-state index is 0.753. The van der Waals surface area contributed by atoms with Crippen LogP contribution in [0.4, 0.5) is 0 Å². The third-order valence-electron chi connectivity index (χ3n) is 1.36. The van der Waals surface area contributed by atoms with Crippen molar-refractivity contribution in [3.8, 4) is 0 Å². The summed E-state index contributed by atoms with van der Waals surface area (Å²) in [4.78, 5) is 8.48. The van der Waals surface area contributed by atoms with Gasteiger partial charge in [0.1, 0.15) is 5.82 Å². The summed E-state index contributed by atoms with van der Waals surface area (Å²) in [6.45, 7) is 7.58. The first-order valence-electron chi connectivity index (χ1n) is 3.64. The van der Waals surface area contributed by atoms with Crippen molar-refractivity contribution in [1.29, 1.82) is 0 Å². The second-order valence-corrected chi connectivity index (χ2v) is 2.56. The van der Waals surface area contributed by atoms with Crippen LogP contribution in [0.2, 0.25) is 0 Å². The molecule has 0 saturated carbocycles. The third kappa shape index (κ3) is 2.15. The van der Waals surface area contributed by atoms with Crippen LogP contribution < -0.4 is 0 Å². The van der Waals surface area contributed by atoms with Gasteiger partial charge in [0, 0.05) is 17.8 Å². The van der Waals surface area contributed by atoms with E-state index in [1.54, 1.807) is 0 Å². The average Bonchev–Trinajstić information content (AvgIpc) is 1.85. The molecular formula is C9H12N2. The molecule has 0 aromatic carbocycles. The molecule has 0 radical (unpaired) electrons. The van der Waals surface area contributed by atoms with Crippen molar-refractivity contribution in [1.82, 2.24) is 9.97 Å². The van der Waals surface area contributed by atoms with Crippen molar-refractivity contribution in [2.75, 3.05) is 0 Å². The zero-order valence-corrected chi connectivity index (χ0v) is 6.96. The van der Waals surface area contributed by atoms with E-state index < -0.39 is 0 Å². The van der Waals surface area contributed by atoms with Gasteiger partial charge in [0.15, 0.2) is 0 Å². The third-order valence-corrected chi connectivity index (χ3v) is 1.36. The summed E-state index contributed by atoms with van der Waals surface area (Å²) >= 11 is 0. The molecule has 0 bridgehead atoms. The Morgan fingerprint density at radius 3 is 2.36 bits per heavy atom. The number of hydrogen-bond donors (Lipinski definition) is 0. The van der Waals surface area contributed by atoms with E-state index in [2.05, 4.69) is 16.5 Å². The van der Waals surface area contributed by atoms with Gasteiger partial charge >= 0.3 is 0 Å². The predicted molar refractivity (Wildman–Crippen MR) is 45.4 cm³/mol. The highest BCUT2D eigenvalue weighted by Gasteiger charge is 1.95. The minimum absolute atomic E-state index is 0.753. The molecule has 0 amide bonds. The summed E-state index contributed by atoms with van der Waals surface area (Å²) in [5, 5.41) is 0. The maximum atomic E-state index is 4.24. The molecule has 0 spiro atoms.